The fourth-order valence-electron chi connectivity index (χ4n) is 2.23. The van der Waals surface area contributed by atoms with Crippen LogP contribution < -0.4 is 0 Å². The lowest BCUT2D eigenvalue weighted by atomic mass is 9.80. The number of aliphatic hydroxyl groups excluding tert-OH is 1. The molecule has 0 saturated carbocycles. The molecule has 76 valence electrons. The molecule has 1 saturated heterocycles. The average Bonchev–Trinajstić information content (AvgIpc) is 2.44. The first kappa shape index (κ1) is 9.46. The van der Waals surface area contributed by atoms with Crippen molar-refractivity contribution in [2.75, 3.05) is 0 Å². The second kappa shape index (κ2) is 3.58. The number of cyclic esters (lactones) is 1. The van der Waals surface area contributed by atoms with Crippen LogP contribution >= 0.6 is 0 Å². The molecule has 14 heavy (non-hydrogen) atoms. The molecule has 0 bridgehead atoms. The molecule has 2 aliphatic rings. The van der Waals surface area contributed by atoms with Crippen LogP contribution in [0.1, 0.15) is 12.8 Å². The Hall–Kier alpha value is -1.09. The first-order valence-corrected chi connectivity index (χ1v) is 4.90. The van der Waals surface area contributed by atoms with Gasteiger partial charge in [0, 0.05) is 12.3 Å². The number of fused-ring (bicyclic) bond motifs is 1. The summed E-state index contributed by atoms with van der Waals surface area (Å²) in [5, 5.41) is 9.45. The number of ether oxygens (including phenoxy) is 1. The molecule has 1 heterocycles. The normalized spacial score (nSPS) is 40.5. The standard InChI is InChI=1S/C11H14O3/c1-2-3-10-9-6-7(12)4-5-8(9)11(13)14-10/h2,4-5,7-10,12H,1,3,6H2/t7-,8+,9-,10+/m0/s1. The van der Waals surface area contributed by atoms with Gasteiger partial charge in [-0.05, 0) is 6.42 Å². The van der Waals surface area contributed by atoms with E-state index >= 15 is 0 Å². The molecule has 0 radical (unpaired) electrons. The first-order valence-electron chi connectivity index (χ1n) is 4.90. The van der Waals surface area contributed by atoms with Gasteiger partial charge < -0.3 is 9.84 Å². The van der Waals surface area contributed by atoms with E-state index in [0.717, 1.165) is 0 Å². The molecule has 1 fully saturated rings. The van der Waals surface area contributed by atoms with E-state index in [1.165, 1.54) is 0 Å². The summed E-state index contributed by atoms with van der Waals surface area (Å²) in [7, 11) is 0. The number of hydrogen-bond acceptors (Lipinski definition) is 3. The zero-order valence-electron chi connectivity index (χ0n) is 7.93. The summed E-state index contributed by atoms with van der Waals surface area (Å²) in [5.41, 5.74) is 0. The van der Waals surface area contributed by atoms with Gasteiger partial charge in [-0.3, -0.25) is 4.79 Å². The van der Waals surface area contributed by atoms with Crippen LogP contribution in [-0.2, 0) is 9.53 Å². The van der Waals surface area contributed by atoms with Crippen molar-refractivity contribution >= 4 is 5.97 Å². The molecule has 0 spiro atoms. The van der Waals surface area contributed by atoms with E-state index in [9.17, 15) is 9.90 Å². The number of esters is 1. The van der Waals surface area contributed by atoms with Crippen molar-refractivity contribution in [3.05, 3.63) is 24.8 Å². The molecule has 2 rings (SSSR count). The monoisotopic (exact) mass is 194 g/mol. The third-order valence-corrected chi connectivity index (χ3v) is 2.93. The molecular weight excluding hydrogens is 180 g/mol. The lowest BCUT2D eigenvalue weighted by Crippen LogP contribution is -2.27. The van der Waals surface area contributed by atoms with Crippen LogP contribution in [0, 0.1) is 11.8 Å². The molecule has 3 heteroatoms. The molecule has 1 aliphatic carbocycles. The van der Waals surface area contributed by atoms with E-state index in [4.69, 9.17) is 4.74 Å². The van der Waals surface area contributed by atoms with Crippen molar-refractivity contribution in [2.24, 2.45) is 11.8 Å². The summed E-state index contributed by atoms with van der Waals surface area (Å²) in [6, 6.07) is 0. The molecule has 3 nitrogen and oxygen atoms in total. The van der Waals surface area contributed by atoms with Crippen LogP contribution in [0.3, 0.4) is 0 Å². The fraction of sp³-hybridized carbons (Fsp3) is 0.545. The first-order chi connectivity index (χ1) is 6.72. The predicted octanol–water partition coefficient (Wildman–Crippen LogP) is 1.04. The molecule has 1 N–H and O–H groups in total. The molecule has 0 amide bonds. The highest BCUT2D eigenvalue weighted by molar-refractivity contribution is 5.77. The van der Waals surface area contributed by atoms with Gasteiger partial charge in [0.25, 0.3) is 0 Å². The largest absolute Gasteiger partial charge is 0.461 e. The highest BCUT2D eigenvalue weighted by Crippen LogP contribution is 2.37. The van der Waals surface area contributed by atoms with E-state index in [1.54, 1.807) is 18.2 Å². The van der Waals surface area contributed by atoms with E-state index in [2.05, 4.69) is 6.58 Å². The highest BCUT2D eigenvalue weighted by atomic mass is 16.6. The van der Waals surface area contributed by atoms with E-state index in [1.807, 2.05) is 0 Å². The number of rotatable bonds is 2. The Kier molecular flexibility index (Phi) is 2.42. The zero-order valence-corrected chi connectivity index (χ0v) is 7.93. The van der Waals surface area contributed by atoms with Crippen molar-refractivity contribution < 1.29 is 14.6 Å². The molecule has 0 aromatic carbocycles. The Morgan fingerprint density at radius 2 is 2.43 bits per heavy atom. The van der Waals surface area contributed by atoms with Crippen LogP contribution in [-0.4, -0.2) is 23.3 Å². The Balaban J connectivity index is 2.16. The van der Waals surface area contributed by atoms with Crippen LogP contribution in [0.15, 0.2) is 24.8 Å². The Bertz CT molecular complexity index is 282. The Morgan fingerprint density at radius 3 is 3.14 bits per heavy atom. The van der Waals surface area contributed by atoms with Crippen molar-refractivity contribution in [1.82, 2.24) is 0 Å². The number of aliphatic hydroxyl groups is 1. The van der Waals surface area contributed by atoms with Gasteiger partial charge in [-0.2, -0.15) is 0 Å². The topological polar surface area (TPSA) is 46.5 Å². The van der Waals surface area contributed by atoms with Gasteiger partial charge in [-0.15, -0.1) is 6.58 Å². The summed E-state index contributed by atoms with van der Waals surface area (Å²) in [6.45, 7) is 3.63. The Morgan fingerprint density at radius 1 is 1.64 bits per heavy atom. The summed E-state index contributed by atoms with van der Waals surface area (Å²) in [6.07, 6.45) is 5.97. The maximum Gasteiger partial charge on any atom is 0.313 e. The van der Waals surface area contributed by atoms with Crippen LogP contribution in [0.25, 0.3) is 0 Å². The molecule has 1 aliphatic heterocycles. The second-order valence-electron chi connectivity index (χ2n) is 3.88. The van der Waals surface area contributed by atoms with Crippen molar-refractivity contribution in [1.29, 1.82) is 0 Å². The smallest absolute Gasteiger partial charge is 0.313 e. The van der Waals surface area contributed by atoms with Crippen molar-refractivity contribution in [3.63, 3.8) is 0 Å². The minimum atomic E-state index is -0.432. The van der Waals surface area contributed by atoms with Gasteiger partial charge in [0.05, 0.1) is 12.0 Å². The fourth-order valence-corrected chi connectivity index (χ4v) is 2.23. The van der Waals surface area contributed by atoms with Crippen molar-refractivity contribution in [2.45, 2.75) is 25.0 Å². The number of carbonyl (C=O) groups excluding carboxylic acids is 1. The predicted molar refractivity (Wildman–Crippen MR) is 51.4 cm³/mol. The molecule has 0 aromatic rings. The number of carbonyl (C=O) groups is 1. The quantitative estimate of drug-likeness (QED) is 0.527. The number of hydrogen-bond donors (Lipinski definition) is 1. The lowest BCUT2D eigenvalue weighted by Gasteiger charge is -2.23. The van der Waals surface area contributed by atoms with Crippen molar-refractivity contribution in [3.8, 4) is 0 Å². The van der Waals surface area contributed by atoms with Gasteiger partial charge >= 0.3 is 5.97 Å². The maximum atomic E-state index is 11.4. The lowest BCUT2D eigenvalue weighted by molar-refractivity contribution is -0.143. The Labute approximate surface area is 83.1 Å². The summed E-state index contributed by atoms with van der Waals surface area (Å²) in [4.78, 5) is 11.4. The van der Waals surface area contributed by atoms with Gasteiger partial charge in [0.2, 0.25) is 0 Å². The van der Waals surface area contributed by atoms with Gasteiger partial charge in [0.15, 0.2) is 0 Å². The second-order valence-corrected chi connectivity index (χ2v) is 3.88. The molecule has 0 unspecified atom stereocenters. The SMILES string of the molecule is C=CC[C@H]1OC(=O)[C@@H]2C=C[C@H](O)C[C@H]12. The summed E-state index contributed by atoms with van der Waals surface area (Å²) >= 11 is 0. The minimum absolute atomic E-state index is 0.0930. The van der Waals surface area contributed by atoms with E-state index in [0.29, 0.717) is 12.8 Å². The zero-order chi connectivity index (χ0) is 10.1. The highest BCUT2D eigenvalue weighted by Gasteiger charge is 2.44. The van der Waals surface area contributed by atoms with Gasteiger partial charge in [0.1, 0.15) is 6.10 Å². The van der Waals surface area contributed by atoms with Crippen LogP contribution in [0.5, 0.6) is 0 Å². The van der Waals surface area contributed by atoms with Crippen LogP contribution in [0.2, 0.25) is 0 Å². The summed E-state index contributed by atoms with van der Waals surface area (Å²) < 4.78 is 5.22. The molecule has 0 aromatic heterocycles. The molecule has 4 atom stereocenters. The van der Waals surface area contributed by atoms with Gasteiger partial charge in [-0.1, -0.05) is 18.2 Å². The van der Waals surface area contributed by atoms with Gasteiger partial charge in [-0.25, -0.2) is 0 Å². The van der Waals surface area contributed by atoms with Crippen LogP contribution in [0.4, 0.5) is 0 Å². The average molecular weight is 194 g/mol. The summed E-state index contributed by atoms with van der Waals surface area (Å²) in [5.74, 6) is -0.186. The third kappa shape index (κ3) is 1.48. The minimum Gasteiger partial charge on any atom is -0.461 e. The van der Waals surface area contributed by atoms with E-state index in [-0.39, 0.29) is 23.9 Å². The molecular formula is C11H14O3. The van der Waals surface area contributed by atoms with E-state index < -0.39 is 6.10 Å². The third-order valence-electron chi connectivity index (χ3n) is 2.93. The maximum absolute atomic E-state index is 11.4.